The first kappa shape index (κ1) is 14.1. The number of aromatic nitrogens is 1. The lowest BCUT2D eigenvalue weighted by Gasteiger charge is -2.13. The highest BCUT2D eigenvalue weighted by Gasteiger charge is 2.11. The molecule has 1 heterocycles. The fourth-order valence-corrected chi connectivity index (χ4v) is 3.17. The molecular weight excluding hydrogens is 254 g/mol. The number of pyridine rings is 1. The highest BCUT2D eigenvalue weighted by molar-refractivity contribution is 7.99. The van der Waals surface area contributed by atoms with Crippen molar-refractivity contribution in [1.82, 2.24) is 4.98 Å². The Morgan fingerprint density at radius 3 is 2.63 bits per heavy atom. The first-order valence-corrected chi connectivity index (χ1v) is 7.32. The van der Waals surface area contributed by atoms with E-state index < -0.39 is 6.10 Å². The summed E-state index contributed by atoms with van der Waals surface area (Å²) < 4.78 is 0. The third kappa shape index (κ3) is 3.58. The van der Waals surface area contributed by atoms with Gasteiger partial charge >= 0.3 is 0 Å². The molecule has 0 amide bonds. The molecule has 1 atom stereocenters. The van der Waals surface area contributed by atoms with Crippen molar-refractivity contribution in [3.63, 3.8) is 0 Å². The number of nitrogens with zero attached hydrogens (tertiary/aromatic N) is 1. The van der Waals surface area contributed by atoms with E-state index in [-0.39, 0.29) is 0 Å². The maximum Gasteiger partial charge on any atom is 0.101 e. The van der Waals surface area contributed by atoms with Crippen LogP contribution in [-0.2, 0) is 0 Å². The Kier molecular flexibility index (Phi) is 4.61. The van der Waals surface area contributed by atoms with Gasteiger partial charge in [-0.05, 0) is 49.6 Å². The molecule has 0 fully saturated rings. The average molecular weight is 273 g/mol. The molecule has 100 valence electrons. The molecule has 2 rings (SSSR count). The predicted molar refractivity (Wildman–Crippen MR) is 79.5 cm³/mol. The van der Waals surface area contributed by atoms with Gasteiger partial charge in [-0.25, -0.2) is 4.98 Å². The van der Waals surface area contributed by atoms with Gasteiger partial charge in [0.25, 0.3) is 0 Å². The molecule has 0 aliphatic rings. The van der Waals surface area contributed by atoms with Gasteiger partial charge in [0.1, 0.15) is 5.03 Å². The molecule has 0 saturated carbocycles. The van der Waals surface area contributed by atoms with E-state index in [0.29, 0.717) is 0 Å². The van der Waals surface area contributed by atoms with Crippen molar-refractivity contribution >= 4 is 11.8 Å². The Hall–Kier alpha value is -1.32. The maximum atomic E-state index is 10.1. The quantitative estimate of drug-likeness (QED) is 0.902. The van der Waals surface area contributed by atoms with E-state index in [2.05, 4.69) is 24.0 Å². The molecule has 1 N–H and O–H groups in total. The summed E-state index contributed by atoms with van der Waals surface area (Å²) in [6.45, 7) is 6.07. The topological polar surface area (TPSA) is 33.1 Å². The molecule has 0 spiro atoms. The average Bonchev–Trinajstić information content (AvgIpc) is 2.37. The van der Waals surface area contributed by atoms with E-state index in [9.17, 15) is 5.11 Å². The Bertz CT molecular complexity index is 548. The molecule has 2 nitrogen and oxygen atoms in total. The molecule has 19 heavy (non-hydrogen) atoms. The SMILES string of the molecule is CC[C@H](O)c1ccccc1Sc1cc(C)cc(C)n1. The van der Waals surface area contributed by atoms with Crippen LogP contribution in [0, 0.1) is 13.8 Å². The van der Waals surface area contributed by atoms with Gasteiger partial charge < -0.3 is 5.11 Å². The van der Waals surface area contributed by atoms with Crippen molar-refractivity contribution in [2.75, 3.05) is 0 Å². The van der Waals surface area contributed by atoms with Crippen LogP contribution in [0.15, 0.2) is 46.3 Å². The fraction of sp³-hybridized carbons (Fsp3) is 0.312. The van der Waals surface area contributed by atoms with Crippen molar-refractivity contribution in [1.29, 1.82) is 0 Å². The number of hydrogen-bond acceptors (Lipinski definition) is 3. The van der Waals surface area contributed by atoms with Crippen LogP contribution < -0.4 is 0 Å². The molecule has 0 bridgehead atoms. The van der Waals surface area contributed by atoms with Crippen LogP contribution in [0.1, 0.15) is 36.3 Å². The van der Waals surface area contributed by atoms with Gasteiger partial charge in [0, 0.05) is 10.6 Å². The number of aryl methyl sites for hydroxylation is 2. The van der Waals surface area contributed by atoms with Crippen LogP contribution in [0.25, 0.3) is 0 Å². The van der Waals surface area contributed by atoms with Crippen LogP contribution in [0.4, 0.5) is 0 Å². The summed E-state index contributed by atoms with van der Waals surface area (Å²) in [5, 5.41) is 11.0. The number of aliphatic hydroxyl groups excluding tert-OH is 1. The predicted octanol–water partition coefficient (Wildman–Crippen LogP) is 4.29. The molecule has 2 aromatic rings. The van der Waals surface area contributed by atoms with Crippen LogP contribution in [-0.4, -0.2) is 10.1 Å². The zero-order chi connectivity index (χ0) is 13.8. The number of rotatable bonds is 4. The van der Waals surface area contributed by atoms with Gasteiger partial charge in [0.05, 0.1) is 6.10 Å². The Labute approximate surface area is 118 Å². The Balaban J connectivity index is 2.32. The van der Waals surface area contributed by atoms with E-state index in [1.165, 1.54) is 5.56 Å². The third-order valence-electron chi connectivity index (χ3n) is 2.95. The minimum absolute atomic E-state index is 0.408. The molecule has 0 radical (unpaired) electrons. The monoisotopic (exact) mass is 273 g/mol. The number of benzene rings is 1. The second kappa shape index (κ2) is 6.22. The van der Waals surface area contributed by atoms with Crippen molar-refractivity contribution in [2.45, 2.75) is 43.2 Å². The van der Waals surface area contributed by atoms with Crippen molar-refractivity contribution in [2.24, 2.45) is 0 Å². The maximum absolute atomic E-state index is 10.1. The van der Waals surface area contributed by atoms with Crippen LogP contribution in [0.2, 0.25) is 0 Å². The lowest BCUT2D eigenvalue weighted by molar-refractivity contribution is 0.171. The standard InChI is InChI=1S/C16H19NOS/c1-4-14(18)13-7-5-6-8-15(13)19-16-10-11(2)9-12(3)17-16/h5-10,14,18H,4H2,1-3H3/t14-/m0/s1. The Morgan fingerprint density at radius 2 is 1.95 bits per heavy atom. The van der Waals surface area contributed by atoms with E-state index >= 15 is 0 Å². The summed E-state index contributed by atoms with van der Waals surface area (Å²) in [6.07, 6.45) is 0.312. The zero-order valence-corrected chi connectivity index (χ0v) is 12.4. The van der Waals surface area contributed by atoms with Gasteiger partial charge in [-0.3, -0.25) is 0 Å². The minimum atomic E-state index is -0.408. The molecule has 0 saturated heterocycles. The second-order valence-corrected chi connectivity index (χ2v) is 5.75. The highest BCUT2D eigenvalue weighted by atomic mass is 32.2. The van der Waals surface area contributed by atoms with Gasteiger partial charge in [-0.2, -0.15) is 0 Å². The Morgan fingerprint density at radius 1 is 1.21 bits per heavy atom. The van der Waals surface area contributed by atoms with Gasteiger partial charge in [0.15, 0.2) is 0 Å². The molecule has 3 heteroatoms. The van der Waals surface area contributed by atoms with Crippen molar-refractivity contribution in [3.05, 3.63) is 53.2 Å². The first-order chi connectivity index (χ1) is 9.10. The molecular formula is C16H19NOS. The summed E-state index contributed by atoms with van der Waals surface area (Å²) in [5.41, 5.74) is 3.22. The lowest BCUT2D eigenvalue weighted by Crippen LogP contribution is -1.97. The van der Waals surface area contributed by atoms with Crippen LogP contribution in [0.3, 0.4) is 0 Å². The molecule has 1 aromatic heterocycles. The summed E-state index contributed by atoms with van der Waals surface area (Å²) in [6, 6.07) is 12.1. The lowest BCUT2D eigenvalue weighted by atomic mass is 10.1. The third-order valence-corrected chi connectivity index (χ3v) is 3.96. The fourth-order valence-electron chi connectivity index (χ4n) is 2.04. The van der Waals surface area contributed by atoms with Gasteiger partial charge in [-0.15, -0.1) is 0 Å². The van der Waals surface area contributed by atoms with Gasteiger partial charge in [-0.1, -0.05) is 36.9 Å². The highest BCUT2D eigenvalue weighted by Crippen LogP contribution is 2.33. The van der Waals surface area contributed by atoms with Crippen LogP contribution in [0.5, 0.6) is 0 Å². The van der Waals surface area contributed by atoms with Crippen LogP contribution >= 0.6 is 11.8 Å². The number of aliphatic hydroxyl groups is 1. The smallest absolute Gasteiger partial charge is 0.101 e. The molecule has 0 aliphatic carbocycles. The summed E-state index contributed by atoms with van der Waals surface area (Å²) in [4.78, 5) is 5.62. The second-order valence-electron chi connectivity index (χ2n) is 4.69. The van der Waals surface area contributed by atoms with Crippen molar-refractivity contribution in [3.8, 4) is 0 Å². The normalized spacial score (nSPS) is 12.4. The summed E-state index contributed by atoms with van der Waals surface area (Å²) in [5.74, 6) is 0. The molecule has 0 unspecified atom stereocenters. The molecule has 1 aromatic carbocycles. The summed E-state index contributed by atoms with van der Waals surface area (Å²) in [7, 11) is 0. The van der Waals surface area contributed by atoms with E-state index in [1.807, 2.05) is 38.1 Å². The van der Waals surface area contributed by atoms with E-state index in [4.69, 9.17) is 0 Å². The van der Waals surface area contributed by atoms with Crippen molar-refractivity contribution < 1.29 is 5.11 Å². The zero-order valence-electron chi connectivity index (χ0n) is 11.6. The molecule has 0 aliphatic heterocycles. The summed E-state index contributed by atoms with van der Waals surface area (Å²) >= 11 is 1.62. The number of hydrogen-bond donors (Lipinski definition) is 1. The van der Waals surface area contributed by atoms with E-state index in [0.717, 1.165) is 27.6 Å². The largest absolute Gasteiger partial charge is 0.388 e. The van der Waals surface area contributed by atoms with E-state index in [1.54, 1.807) is 11.8 Å². The minimum Gasteiger partial charge on any atom is -0.388 e. The van der Waals surface area contributed by atoms with Gasteiger partial charge in [0.2, 0.25) is 0 Å². The first-order valence-electron chi connectivity index (χ1n) is 6.50.